The van der Waals surface area contributed by atoms with E-state index in [0.717, 1.165) is 50.2 Å². The van der Waals surface area contributed by atoms with Gasteiger partial charge in [0.05, 0.1) is 12.2 Å². The molecule has 1 aromatic carbocycles. The highest BCUT2D eigenvalue weighted by atomic mass is 35.5. The number of hydrogen-bond acceptors (Lipinski definition) is 6. The number of nitrogens with one attached hydrogen (secondary N) is 1. The number of nitrogens with zero attached hydrogens (tertiary/aromatic N) is 6. The summed E-state index contributed by atoms with van der Waals surface area (Å²) in [5, 5.41) is 15.7. The van der Waals surface area contributed by atoms with Crippen molar-refractivity contribution in [1.29, 1.82) is 0 Å². The maximum Gasteiger partial charge on any atom is 0.170 e. The zero-order valence-electron chi connectivity index (χ0n) is 15.5. The summed E-state index contributed by atoms with van der Waals surface area (Å²) >= 11 is 0. The quantitative estimate of drug-likeness (QED) is 0.803. The molecule has 1 N–H and O–H groups in total. The van der Waals surface area contributed by atoms with Crippen molar-refractivity contribution in [2.24, 2.45) is 5.92 Å². The molecule has 2 aromatic rings. The van der Waals surface area contributed by atoms with Crippen molar-refractivity contribution in [1.82, 2.24) is 35.3 Å². The fourth-order valence-electron chi connectivity index (χ4n) is 3.83. The molecule has 2 aliphatic rings. The highest BCUT2D eigenvalue weighted by Gasteiger charge is 2.22. The standard InChI is InChI=1S/C18H27N7.2ClH/c1-2-4-17(5-3-1)25-18(20-21-22-25)15-24-12-10-23(11-13-24)14-16-6-8-19-9-7-16;;/h1-5,16,19H,6-15H2;2*1H. The number of hydrogen-bond donors (Lipinski definition) is 1. The number of benzene rings is 1. The van der Waals surface area contributed by atoms with Crippen LogP contribution in [0.15, 0.2) is 30.3 Å². The van der Waals surface area contributed by atoms with Gasteiger partial charge in [0, 0.05) is 32.7 Å². The molecule has 2 fully saturated rings. The van der Waals surface area contributed by atoms with E-state index >= 15 is 0 Å². The van der Waals surface area contributed by atoms with Crippen LogP contribution in [0.3, 0.4) is 0 Å². The van der Waals surface area contributed by atoms with Crippen LogP contribution in [0.2, 0.25) is 0 Å². The Balaban J connectivity index is 0.00000131. The van der Waals surface area contributed by atoms with Gasteiger partial charge >= 0.3 is 0 Å². The van der Waals surface area contributed by atoms with Crippen LogP contribution in [-0.4, -0.2) is 75.8 Å². The third-order valence-corrected chi connectivity index (χ3v) is 5.34. The third kappa shape index (κ3) is 5.86. The second-order valence-electron chi connectivity index (χ2n) is 7.11. The van der Waals surface area contributed by atoms with E-state index in [2.05, 4.69) is 30.6 Å². The van der Waals surface area contributed by atoms with Gasteiger partial charge in [-0.25, -0.2) is 0 Å². The number of halogens is 2. The predicted octanol–water partition coefficient (Wildman–Crippen LogP) is 1.62. The first-order valence-electron chi connectivity index (χ1n) is 9.36. The third-order valence-electron chi connectivity index (χ3n) is 5.34. The molecule has 0 aliphatic carbocycles. The highest BCUT2D eigenvalue weighted by Crippen LogP contribution is 2.16. The van der Waals surface area contributed by atoms with Crippen molar-refractivity contribution in [2.75, 3.05) is 45.8 Å². The van der Waals surface area contributed by atoms with Gasteiger partial charge in [-0.1, -0.05) is 18.2 Å². The van der Waals surface area contributed by atoms with Gasteiger partial charge in [0.25, 0.3) is 0 Å². The molecule has 2 saturated heterocycles. The van der Waals surface area contributed by atoms with Crippen molar-refractivity contribution in [3.8, 4) is 5.69 Å². The molecule has 1 aromatic heterocycles. The van der Waals surface area contributed by atoms with Crippen molar-refractivity contribution < 1.29 is 0 Å². The normalized spacial score (nSPS) is 19.3. The second-order valence-corrected chi connectivity index (χ2v) is 7.11. The minimum Gasteiger partial charge on any atom is -0.317 e. The molecular formula is C18H29Cl2N7. The molecule has 150 valence electrons. The van der Waals surface area contributed by atoms with E-state index < -0.39 is 0 Å². The molecule has 4 rings (SSSR count). The van der Waals surface area contributed by atoms with Crippen LogP contribution < -0.4 is 5.32 Å². The van der Waals surface area contributed by atoms with E-state index in [1.165, 1.54) is 32.5 Å². The number of piperazine rings is 1. The molecule has 0 amide bonds. The summed E-state index contributed by atoms with van der Waals surface area (Å²) in [6, 6.07) is 10.1. The Morgan fingerprint density at radius 2 is 1.59 bits per heavy atom. The van der Waals surface area contributed by atoms with Crippen LogP contribution in [0.1, 0.15) is 18.7 Å². The number of para-hydroxylation sites is 1. The Morgan fingerprint density at radius 3 is 2.30 bits per heavy atom. The summed E-state index contributed by atoms with van der Waals surface area (Å²) in [7, 11) is 0. The van der Waals surface area contributed by atoms with Gasteiger partial charge in [0.1, 0.15) is 0 Å². The summed E-state index contributed by atoms with van der Waals surface area (Å²) in [6.07, 6.45) is 2.65. The Kier molecular flexibility index (Phi) is 8.92. The average Bonchev–Trinajstić information content (AvgIpc) is 3.13. The first kappa shape index (κ1) is 22.0. The van der Waals surface area contributed by atoms with E-state index in [0.29, 0.717) is 0 Å². The molecule has 0 unspecified atom stereocenters. The first-order valence-corrected chi connectivity index (χ1v) is 9.36. The van der Waals surface area contributed by atoms with Crippen molar-refractivity contribution in [3.05, 3.63) is 36.2 Å². The molecular weight excluding hydrogens is 385 g/mol. The lowest BCUT2D eigenvalue weighted by molar-refractivity contribution is 0.104. The van der Waals surface area contributed by atoms with Gasteiger partial charge in [-0.3, -0.25) is 4.90 Å². The molecule has 3 heterocycles. The summed E-state index contributed by atoms with van der Waals surface area (Å²) in [6.45, 7) is 8.92. The molecule has 0 spiro atoms. The van der Waals surface area contributed by atoms with Gasteiger partial charge in [0.15, 0.2) is 5.82 Å². The smallest absolute Gasteiger partial charge is 0.170 e. The van der Waals surface area contributed by atoms with Crippen LogP contribution in [-0.2, 0) is 6.54 Å². The molecule has 7 nitrogen and oxygen atoms in total. The highest BCUT2D eigenvalue weighted by molar-refractivity contribution is 5.85. The Labute approximate surface area is 173 Å². The minimum atomic E-state index is 0. The first-order chi connectivity index (χ1) is 12.4. The van der Waals surface area contributed by atoms with E-state index in [1.807, 2.05) is 35.0 Å². The van der Waals surface area contributed by atoms with Crippen LogP contribution in [0.4, 0.5) is 0 Å². The molecule has 0 saturated carbocycles. The lowest BCUT2D eigenvalue weighted by Gasteiger charge is -2.37. The summed E-state index contributed by atoms with van der Waals surface area (Å²) in [5.41, 5.74) is 1.02. The lowest BCUT2D eigenvalue weighted by Crippen LogP contribution is -2.48. The maximum atomic E-state index is 4.24. The molecule has 9 heteroatoms. The predicted molar refractivity (Wildman–Crippen MR) is 111 cm³/mol. The number of piperidine rings is 1. The largest absolute Gasteiger partial charge is 0.317 e. The molecule has 0 radical (unpaired) electrons. The Morgan fingerprint density at radius 1 is 0.926 bits per heavy atom. The van der Waals surface area contributed by atoms with Crippen molar-refractivity contribution in [3.63, 3.8) is 0 Å². The Hall–Kier alpha value is -1.25. The topological polar surface area (TPSA) is 62.1 Å². The monoisotopic (exact) mass is 413 g/mol. The van der Waals surface area contributed by atoms with E-state index in [-0.39, 0.29) is 24.8 Å². The van der Waals surface area contributed by atoms with Crippen LogP contribution >= 0.6 is 24.8 Å². The number of tetrazole rings is 1. The molecule has 0 atom stereocenters. The summed E-state index contributed by atoms with van der Waals surface area (Å²) in [5.74, 6) is 1.79. The van der Waals surface area contributed by atoms with Crippen molar-refractivity contribution >= 4 is 24.8 Å². The molecule has 2 aliphatic heterocycles. The summed E-state index contributed by atoms with van der Waals surface area (Å²) in [4.78, 5) is 5.09. The SMILES string of the molecule is Cl.Cl.c1ccc(-n2nnnc2CN2CCN(CC3CCNCC3)CC2)cc1. The average molecular weight is 414 g/mol. The maximum absolute atomic E-state index is 4.24. The second kappa shape index (κ2) is 10.9. The number of aromatic nitrogens is 4. The van der Waals surface area contributed by atoms with Crippen molar-refractivity contribution in [2.45, 2.75) is 19.4 Å². The van der Waals surface area contributed by atoms with E-state index in [4.69, 9.17) is 0 Å². The summed E-state index contributed by atoms with van der Waals surface area (Å²) < 4.78 is 1.85. The van der Waals surface area contributed by atoms with E-state index in [1.54, 1.807) is 0 Å². The fourth-order valence-corrected chi connectivity index (χ4v) is 3.83. The van der Waals surface area contributed by atoms with Gasteiger partial charge in [-0.2, -0.15) is 4.68 Å². The fraction of sp³-hybridized carbons (Fsp3) is 0.611. The van der Waals surface area contributed by atoms with E-state index in [9.17, 15) is 0 Å². The van der Waals surface area contributed by atoms with Gasteiger partial charge in [0.2, 0.25) is 0 Å². The zero-order chi connectivity index (χ0) is 16.9. The minimum absolute atomic E-state index is 0. The van der Waals surface area contributed by atoms with Crippen LogP contribution in [0.5, 0.6) is 0 Å². The van der Waals surface area contributed by atoms with Gasteiger partial charge in [-0.15, -0.1) is 29.9 Å². The number of rotatable bonds is 5. The van der Waals surface area contributed by atoms with Gasteiger partial charge < -0.3 is 10.2 Å². The lowest BCUT2D eigenvalue weighted by atomic mass is 9.97. The van der Waals surface area contributed by atoms with Crippen LogP contribution in [0, 0.1) is 5.92 Å². The molecule has 0 bridgehead atoms. The molecule has 27 heavy (non-hydrogen) atoms. The Bertz CT molecular complexity index is 653. The van der Waals surface area contributed by atoms with Gasteiger partial charge in [-0.05, 0) is 54.4 Å². The van der Waals surface area contributed by atoms with Crippen LogP contribution in [0.25, 0.3) is 5.69 Å². The zero-order valence-corrected chi connectivity index (χ0v) is 17.2.